The lowest BCUT2D eigenvalue weighted by Gasteiger charge is -2.35. The van der Waals surface area contributed by atoms with E-state index in [0.29, 0.717) is 12.2 Å². The van der Waals surface area contributed by atoms with E-state index in [4.69, 9.17) is 0 Å². The highest BCUT2D eigenvalue weighted by Crippen LogP contribution is 2.54. The molecule has 74 valence electrons. The Bertz CT molecular complexity index is 275. The zero-order valence-electron chi connectivity index (χ0n) is 9.62. The zero-order chi connectivity index (χ0) is 10.4. The molecule has 0 N–H and O–H groups in total. The quantitative estimate of drug-likeness (QED) is 0.522. The SMILES string of the molecule is CC(C)=C1C(=O)CC(C)(C)C1(C)C. The van der Waals surface area contributed by atoms with Crippen molar-refractivity contribution in [2.45, 2.75) is 48.0 Å². The first kappa shape index (κ1) is 10.5. The van der Waals surface area contributed by atoms with E-state index in [2.05, 4.69) is 27.7 Å². The highest BCUT2D eigenvalue weighted by atomic mass is 16.1. The summed E-state index contributed by atoms with van der Waals surface area (Å²) in [6, 6.07) is 0. The number of ketones is 1. The molecule has 0 aromatic heterocycles. The first-order valence-corrected chi connectivity index (χ1v) is 4.91. The number of hydrogen-bond donors (Lipinski definition) is 0. The summed E-state index contributed by atoms with van der Waals surface area (Å²) in [5, 5.41) is 0. The van der Waals surface area contributed by atoms with Crippen LogP contribution in [0.3, 0.4) is 0 Å². The van der Waals surface area contributed by atoms with Crippen molar-refractivity contribution >= 4 is 5.78 Å². The highest BCUT2D eigenvalue weighted by molar-refractivity contribution is 6.00. The molecular formula is C12H20O. The lowest BCUT2D eigenvalue weighted by atomic mass is 9.68. The van der Waals surface area contributed by atoms with Crippen LogP contribution < -0.4 is 0 Å². The monoisotopic (exact) mass is 180 g/mol. The Kier molecular flexibility index (Phi) is 2.18. The highest BCUT2D eigenvalue weighted by Gasteiger charge is 2.50. The Labute approximate surface area is 81.2 Å². The lowest BCUT2D eigenvalue weighted by molar-refractivity contribution is -0.115. The van der Waals surface area contributed by atoms with E-state index >= 15 is 0 Å². The molecule has 0 heterocycles. The van der Waals surface area contributed by atoms with Crippen molar-refractivity contribution in [1.29, 1.82) is 0 Å². The number of Topliss-reactive ketones (excluding diaryl/α,β-unsaturated/α-hetero) is 1. The van der Waals surface area contributed by atoms with Gasteiger partial charge in [-0.25, -0.2) is 0 Å². The molecule has 0 unspecified atom stereocenters. The molecular weight excluding hydrogens is 160 g/mol. The minimum absolute atomic E-state index is 0.0307. The molecule has 1 rings (SSSR count). The molecule has 0 aromatic rings. The Hall–Kier alpha value is -0.590. The van der Waals surface area contributed by atoms with Crippen molar-refractivity contribution < 1.29 is 4.79 Å². The minimum atomic E-state index is 0.0307. The maximum absolute atomic E-state index is 11.8. The van der Waals surface area contributed by atoms with Crippen molar-refractivity contribution in [3.8, 4) is 0 Å². The fraction of sp³-hybridized carbons (Fsp3) is 0.750. The number of allylic oxidation sites excluding steroid dienone is 2. The number of rotatable bonds is 0. The Morgan fingerprint density at radius 2 is 1.62 bits per heavy atom. The molecule has 1 aliphatic rings. The van der Waals surface area contributed by atoms with Gasteiger partial charge < -0.3 is 0 Å². The second kappa shape index (κ2) is 2.70. The van der Waals surface area contributed by atoms with Gasteiger partial charge in [0.15, 0.2) is 5.78 Å². The topological polar surface area (TPSA) is 17.1 Å². The van der Waals surface area contributed by atoms with Crippen LogP contribution in [0.2, 0.25) is 0 Å². The number of hydrogen-bond acceptors (Lipinski definition) is 1. The van der Waals surface area contributed by atoms with Gasteiger partial charge in [-0.3, -0.25) is 4.79 Å². The number of carbonyl (C=O) groups excluding carboxylic acids is 1. The van der Waals surface area contributed by atoms with Gasteiger partial charge in [0.1, 0.15) is 0 Å². The molecule has 0 atom stereocenters. The van der Waals surface area contributed by atoms with Crippen LogP contribution in [-0.4, -0.2) is 5.78 Å². The van der Waals surface area contributed by atoms with Crippen LogP contribution >= 0.6 is 0 Å². The van der Waals surface area contributed by atoms with Crippen molar-refractivity contribution in [2.24, 2.45) is 10.8 Å². The Morgan fingerprint density at radius 1 is 1.15 bits per heavy atom. The van der Waals surface area contributed by atoms with E-state index < -0.39 is 0 Å². The molecule has 1 saturated carbocycles. The number of carbonyl (C=O) groups is 1. The van der Waals surface area contributed by atoms with Crippen LogP contribution in [0.5, 0.6) is 0 Å². The largest absolute Gasteiger partial charge is 0.295 e. The van der Waals surface area contributed by atoms with Gasteiger partial charge in [-0.1, -0.05) is 33.3 Å². The van der Waals surface area contributed by atoms with Crippen LogP contribution in [0.1, 0.15) is 48.0 Å². The Balaban J connectivity index is 3.30. The summed E-state index contributed by atoms with van der Waals surface area (Å²) in [5.41, 5.74) is 2.37. The van der Waals surface area contributed by atoms with Gasteiger partial charge in [-0.05, 0) is 30.3 Å². The second-order valence-corrected chi connectivity index (χ2v) is 5.48. The van der Waals surface area contributed by atoms with Crippen LogP contribution in [0, 0.1) is 10.8 Å². The molecule has 1 aliphatic carbocycles. The van der Waals surface area contributed by atoms with Crippen molar-refractivity contribution in [3.05, 3.63) is 11.1 Å². The van der Waals surface area contributed by atoms with Gasteiger partial charge in [-0.15, -0.1) is 0 Å². The van der Waals surface area contributed by atoms with Crippen molar-refractivity contribution in [1.82, 2.24) is 0 Å². The summed E-state index contributed by atoms with van der Waals surface area (Å²) in [6.07, 6.45) is 0.695. The molecule has 1 fully saturated rings. The van der Waals surface area contributed by atoms with Crippen molar-refractivity contribution in [2.75, 3.05) is 0 Å². The average Bonchev–Trinajstić information content (AvgIpc) is 1.96. The van der Waals surface area contributed by atoms with E-state index in [1.165, 1.54) is 5.57 Å². The van der Waals surface area contributed by atoms with Gasteiger partial charge in [-0.2, -0.15) is 0 Å². The predicted octanol–water partition coefficient (Wildman–Crippen LogP) is 3.35. The van der Waals surface area contributed by atoms with E-state index in [9.17, 15) is 4.79 Å². The minimum Gasteiger partial charge on any atom is -0.295 e. The van der Waals surface area contributed by atoms with Gasteiger partial charge in [0.05, 0.1) is 0 Å². The first-order chi connectivity index (χ1) is 5.70. The fourth-order valence-electron chi connectivity index (χ4n) is 2.30. The molecule has 0 spiro atoms. The third kappa shape index (κ3) is 1.34. The maximum atomic E-state index is 11.8. The normalized spacial score (nSPS) is 25.1. The molecule has 13 heavy (non-hydrogen) atoms. The molecule has 0 bridgehead atoms. The van der Waals surface area contributed by atoms with E-state index in [0.717, 1.165) is 5.57 Å². The summed E-state index contributed by atoms with van der Waals surface area (Å²) in [6.45, 7) is 12.8. The van der Waals surface area contributed by atoms with Gasteiger partial charge >= 0.3 is 0 Å². The molecule has 0 aromatic carbocycles. The average molecular weight is 180 g/mol. The smallest absolute Gasteiger partial charge is 0.159 e. The van der Waals surface area contributed by atoms with Crippen LogP contribution in [-0.2, 0) is 4.79 Å². The van der Waals surface area contributed by atoms with Crippen molar-refractivity contribution in [3.63, 3.8) is 0 Å². The van der Waals surface area contributed by atoms with Crippen LogP contribution in [0.25, 0.3) is 0 Å². The maximum Gasteiger partial charge on any atom is 0.159 e. The first-order valence-electron chi connectivity index (χ1n) is 4.91. The van der Waals surface area contributed by atoms with Crippen LogP contribution in [0.15, 0.2) is 11.1 Å². The van der Waals surface area contributed by atoms with Gasteiger partial charge in [0, 0.05) is 6.42 Å². The summed E-state index contributed by atoms with van der Waals surface area (Å²) < 4.78 is 0. The predicted molar refractivity (Wildman–Crippen MR) is 55.6 cm³/mol. The summed E-state index contributed by atoms with van der Waals surface area (Å²) in [4.78, 5) is 11.8. The fourth-order valence-corrected chi connectivity index (χ4v) is 2.30. The second-order valence-electron chi connectivity index (χ2n) is 5.48. The lowest BCUT2D eigenvalue weighted by Crippen LogP contribution is -2.27. The standard InChI is InChI=1S/C12H20O/c1-8(2)10-9(13)7-11(3,4)12(10,5)6/h7H2,1-6H3. The molecule has 1 heteroatoms. The molecule has 0 amide bonds. The van der Waals surface area contributed by atoms with Gasteiger partial charge in [0.25, 0.3) is 0 Å². The Morgan fingerprint density at radius 3 is 1.77 bits per heavy atom. The molecule has 0 radical (unpaired) electrons. The van der Waals surface area contributed by atoms with Crippen LogP contribution in [0.4, 0.5) is 0 Å². The van der Waals surface area contributed by atoms with Gasteiger partial charge in [0.2, 0.25) is 0 Å². The summed E-state index contributed by atoms with van der Waals surface area (Å²) >= 11 is 0. The molecule has 0 aliphatic heterocycles. The van der Waals surface area contributed by atoms with E-state index in [1.54, 1.807) is 0 Å². The third-order valence-corrected chi connectivity index (χ3v) is 3.70. The molecule has 1 nitrogen and oxygen atoms in total. The third-order valence-electron chi connectivity index (χ3n) is 3.70. The summed E-state index contributed by atoms with van der Waals surface area (Å²) in [5.74, 6) is 0.343. The van der Waals surface area contributed by atoms with E-state index in [1.807, 2.05) is 13.8 Å². The summed E-state index contributed by atoms with van der Waals surface area (Å²) in [7, 11) is 0. The van der Waals surface area contributed by atoms with E-state index in [-0.39, 0.29) is 10.8 Å². The zero-order valence-corrected chi connectivity index (χ0v) is 9.62. The molecule has 0 saturated heterocycles.